The molecule has 1 aromatic carbocycles. The van der Waals surface area contributed by atoms with Gasteiger partial charge >= 0.3 is 6.09 Å². The largest absolute Gasteiger partial charge is 0.488 e. The van der Waals surface area contributed by atoms with E-state index in [4.69, 9.17) is 14.6 Å². The number of amides is 1. The van der Waals surface area contributed by atoms with Crippen LogP contribution >= 0.6 is 0 Å². The quantitative estimate of drug-likeness (QED) is 0.759. The lowest BCUT2D eigenvalue weighted by Gasteiger charge is -2.23. The molecule has 0 saturated heterocycles. The second-order valence-electron chi connectivity index (χ2n) is 7.01. The Kier molecular flexibility index (Phi) is 8.05. The van der Waals surface area contributed by atoms with Gasteiger partial charge in [0.25, 0.3) is 0 Å². The Bertz CT molecular complexity index is 510. The Labute approximate surface area is 145 Å². The summed E-state index contributed by atoms with van der Waals surface area (Å²) in [6, 6.07) is 7.85. The van der Waals surface area contributed by atoms with Gasteiger partial charge in [0.1, 0.15) is 17.5 Å². The number of carbonyl (C=O) groups is 1. The van der Waals surface area contributed by atoms with Gasteiger partial charge < -0.3 is 19.9 Å². The Morgan fingerprint density at radius 3 is 2.54 bits per heavy atom. The minimum atomic E-state index is -0.497. The van der Waals surface area contributed by atoms with Crippen LogP contribution in [0, 0.1) is 0 Å². The third-order valence-corrected chi connectivity index (χ3v) is 3.53. The predicted molar refractivity (Wildman–Crippen MR) is 95.4 cm³/mol. The number of hydrogen-bond acceptors (Lipinski definition) is 4. The van der Waals surface area contributed by atoms with Gasteiger partial charge in [-0.2, -0.15) is 0 Å². The predicted octanol–water partition coefficient (Wildman–Crippen LogP) is 3.68. The molecule has 0 aliphatic heterocycles. The molecule has 0 unspecified atom stereocenters. The number of ether oxygens (including phenoxy) is 2. The van der Waals surface area contributed by atoms with Crippen molar-refractivity contribution in [2.45, 2.75) is 71.6 Å². The van der Waals surface area contributed by atoms with E-state index in [-0.39, 0.29) is 24.8 Å². The lowest BCUT2D eigenvalue weighted by atomic mass is 10.0. The van der Waals surface area contributed by atoms with Crippen molar-refractivity contribution in [2.24, 2.45) is 0 Å². The van der Waals surface area contributed by atoms with Crippen LogP contribution in [-0.2, 0) is 11.2 Å². The smallest absolute Gasteiger partial charge is 0.407 e. The van der Waals surface area contributed by atoms with Crippen molar-refractivity contribution in [3.63, 3.8) is 0 Å². The van der Waals surface area contributed by atoms with E-state index in [1.165, 1.54) is 0 Å². The van der Waals surface area contributed by atoms with Crippen molar-refractivity contribution >= 4 is 6.09 Å². The number of rotatable bonds is 8. The first kappa shape index (κ1) is 20.3. The molecule has 0 aromatic heterocycles. The van der Waals surface area contributed by atoms with Crippen LogP contribution in [0.2, 0.25) is 0 Å². The third-order valence-electron chi connectivity index (χ3n) is 3.53. The molecule has 2 atom stereocenters. The van der Waals surface area contributed by atoms with E-state index in [2.05, 4.69) is 5.32 Å². The van der Waals surface area contributed by atoms with E-state index < -0.39 is 5.60 Å². The second kappa shape index (κ2) is 9.52. The zero-order valence-electron chi connectivity index (χ0n) is 15.5. The molecule has 5 heteroatoms. The van der Waals surface area contributed by atoms with Crippen LogP contribution in [0.3, 0.4) is 0 Å². The van der Waals surface area contributed by atoms with Gasteiger partial charge in [-0.25, -0.2) is 4.79 Å². The van der Waals surface area contributed by atoms with Crippen LogP contribution in [-0.4, -0.2) is 35.6 Å². The number of nitrogens with one attached hydrogen (secondary N) is 1. The molecular formula is C19H31NO4. The first-order valence-electron chi connectivity index (χ1n) is 8.60. The first-order valence-corrected chi connectivity index (χ1v) is 8.60. The monoisotopic (exact) mass is 337 g/mol. The standard InChI is InChI=1S/C19H31NO4/c1-6-16(20-18(22)24-19(3,4)5)12-11-15-9-7-8-10-17(15)23-14(2)13-21/h7-10,14,16,21H,6,11-13H2,1-5H3,(H,20,22)/t14-,16+/m1/s1. The summed E-state index contributed by atoms with van der Waals surface area (Å²) in [5.41, 5.74) is 0.575. The molecule has 0 spiro atoms. The second-order valence-corrected chi connectivity index (χ2v) is 7.01. The molecule has 0 aliphatic carbocycles. The summed E-state index contributed by atoms with van der Waals surface area (Å²) < 4.78 is 11.1. The fourth-order valence-electron chi connectivity index (χ4n) is 2.26. The van der Waals surface area contributed by atoms with Gasteiger partial charge in [0.2, 0.25) is 0 Å². The summed E-state index contributed by atoms with van der Waals surface area (Å²) in [6.07, 6.45) is 1.78. The zero-order valence-corrected chi connectivity index (χ0v) is 15.5. The van der Waals surface area contributed by atoms with Crippen LogP contribution in [0.4, 0.5) is 4.79 Å². The van der Waals surface area contributed by atoms with Gasteiger partial charge in [0.05, 0.1) is 6.61 Å². The Morgan fingerprint density at radius 2 is 1.96 bits per heavy atom. The maximum Gasteiger partial charge on any atom is 0.407 e. The molecule has 136 valence electrons. The van der Waals surface area contributed by atoms with Gasteiger partial charge in [-0.1, -0.05) is 25.1 Å². The number of benzene rings is 1. The van der Waals surface area contributed by atoms with Gasteiger partial charge in [-0.15, -0.1) is 0 Å². The molecule has 0 bridgehead atoms. The van der Waals surface area contributed by atoms with E-state index in [1.807, 2.05) is 58.9 Å². The third kappa shape index (κ3) is 7.68. The van der Waals surface area contributed by atoms with Crippen molar-refractivity contribution in [3.8, 4) is 5.75 Å². The maximum atomic E-state index is 11.9. The van der Waals surface area contributed by atoms with Crippen molar-refractivity contribution in [2.75, 3.05) is 6.61 Å². The first-order chi connectivity index (χ1) is 11.2. The highest BCUT2D eigenvalue weighted by molar-refractivity contribution is 5.68. The number of alkyl carbamates (subject to hydrolysis) is 1. The molecule has 1 amide bonds. The Balaban J connectivity index is 2.61. The van der Waals surface area contributed by atoms with E-state index in [0.717, 1.165) is 30.6 Å². The number of aliphatic hydroxyl groups excluding tert-OH is 1. The number of hydrogen-bond donors (Lipinski definition) is 2. The van der Waals surface area contributed by atoms with Gasteiger partial charge in [-0.3, -0.25) is 0 Å². The summed E-state index contributed by atoms with van der Waals surface area (Å²) in [5, 5.41) is 12.1. The minimum absolute atomic E-state index is 0.0217. The Hall–Kier alpha value is -1.75. The highest BCUT2D eigenvalue weighted by atomic mass is 16.6. The molecule has 1 aromatic rings. The molecule has 2 N–H and O–H groups in total. The lowest BCUT2D eigenvalue weighted by molar-refractivity contribution is 0.0500. The molecule has 0 aliphatic rings. The van der Waals surface area contributed by atoms with Crippen molar-refractivity contribution < 1.29 is 19.4 Å². The number of para-hydroxylation sites is 1. The van der Waals surface area contributed by atoms with Crippen LogP contribution in [0.1, 0.15) is 53.0 Å². The van der Waals surface area contributed by atoms with Crippen LogP contribution in [0.15, 0.2) is 24.3 Å². The van der Waals surface area contributed by atoms with E-state index in [9.17, 15) is 4.79 Å². The van der Waals surface area contributed by atoms with Crippen molar-refractivity contribution in [1.82, 2.24) is 5.32 Å². The molecule has 0 saturated carbocycles. The molecule has 1 rings (SSSR count). The fraction of sp³-hybridized carbons (Fsp3) is 0.632. The SMILES string of the molecule is CC[C@@H](CCc1ccccc1O[C@H](C)CO)NC(=O)OC(C)(C)C. The average Bonchev–Trinajstić information content (AvgIpc) is 2.50. The summed E-state index contributed by atoms with van der Waals surface area (Å²) in [6.45, 7) is 9.40. The number of aryl methyl sites for hydroxylation is 1. The summed E-state index contributed by atoms with van der Waals surface area (Å²) >= 11 is 0. The number of carbonyl (C=O) groups excluding carboxylic acids is 1. The lowest BCUT2D eigenvalue weighted by Crippen LogP contribution is -2.39. The number of aliphatic hydroxyl groups is 1. The van der Waals surface area contributed by atoms with Gasteiger partial charge in [0.15, 0.2) is 0 Å². The highest BCUT2D eigenvalue weighted by Crippen LogP contribution is 2.22. The van der Waals surface area contributed by atoms with E-state index >= 15 is 0 Å². The van der Waals surface area contributed by atoms with Gasteiger partial charge in [0, 0.05) is 6.04 Å². The van der Waals surface area contributed by atoms with Crippen LogP contribution in [0.5, 0.6) is 5.75 Å². The van der Waals surface area contributed by atoms with Crippen molar-refractivity contribution in [1.29, 1.82) is 0 Å². The van der Waals surface area contributed by atoms with Crippen LogP contribution in [0.25, 0.3) is 0 Å². The van der Waals surface area contributed by atoms with Crippen LogP contribution < -0.4 is 10.1 Å². The molecule has 24 heavy (non-hydrogen) atoms. The van der Waals surface area contributed by atoms with Gasteiger partial charge in [-0.05, 0) is 58.6 Å². The van der Waals surface area contributed by atoms with E-state index in [0.29, 0.717) is 0 Å². The van der Waals surface area contributed by atoms with Crippen molar-refractivity contribution in [3.05, 3.63) is 29.8 Å². The molecule has 0 heterocycles. The zero-order chi connectivity index (χ0) is 18.2. The highest BCUT2D eigenvalue weighted by Gasteiger charge is 2.19. The molecule has 0 fully saturated rings. The minimum Gasteiger partial charge on any atom is -0.488 e. The summed E-state index contributed by atoms with van der Waals surface area (Å²) in [7, 11) is 0. The molecule has 0 radical (unpaired) electrons. The Morgan fingerprint density at radius 1 is 1.29 bits per heavy atom. The normalized spacial score (nSPS) is 13.9. The topological polar surface area (TPSA) is 67.8 Å². The molecular weight excluding hydrogens is 306 g/mol. The van der Waals surface area contributed by atoms with E-state index in [1.54, 1.807) is 0 Å². The summed E-state index contributed by atoms with van der Waals surface area (Å²) in [4.78, 5) is 11.9. The fourth-order valence-corrected chi connectivity index (χ4v) is 2.26. The maximum absolute atomic E-state index is 11.9. The molecule has 5 nitrogen and oxygen atoms in total. The summed E-state index contributed by atoms with van der Waals surface area (Å²) in [5.74, 6) is 0.783. The average molecular weight is 337 g/mol.